The van der Waals surface area contributed by atoms with Gasteiger partial charge in [-0.15, -0.1) is 11.3 Å². The molecule has 0 saturated carbocycles. The van der Waals surface area contributed by atoms with Crippen molar-refractivity contribution >= 4 is 22.7 Å². The van der Waals surface area contributed by atoms with Crippen LogP contribution in [0.2, 0.25) is 0 Å². The van der Waals surface area contributed by atoms with Crippen molar-refractivity contribution < 1.29 is 18.3 Å². The van der Waals surface area contributed by atoms with Crippen LogP contribution in [0.1, 0.15) is 15.3 Å². The van der Waals surface area contributed by atoms with Gasteiger partial charge in [0.05, 0.1) is 25.0 Å². The molecule has 8 nitrogen and oxygen atoms in total. The molecule has 1 aliphatic rings. The lowest BCUT2D eigenvalue weighted by atomic mass is 10.00. The number of β-amino-alcohol motifs (C(OH)–C–C–N with tert-alkyl or cyclic N) is 1. The van der Waals surface area contributed by atoms with Crippen molar-refractivity contribution in [1.29, 1.82) is 0 Å². The molecule has 0 aromatic carbocycles. The maximum Gasteiger partial charge on any atom is 0.425 e. The van der Waals surface area contributed by atoms with Gasteiger partial charge in [-0.2, -0.15) is 28.4 Å². The molecule has 1 atom stereocenters. The molecular formula is C18H17F3N6O2S. The number of hydrogen-bond donors (Lipinski definition) is 1. The van der Waals surface area contributed by atoms with E-state index in [1.165, 1.54) is 12.3 Å². The number of hydrogen-bond acceptors (Lipinski definition) is 7. The van der Waals surface area contributed by atoms with Gasteiger partial charge in [0.2, 0.25) is 0 Å². The summed E-state index contributed by atoms with van der Waals surface area (Å²) in [6.45, 7) is 0.540. The van der Waals surface area contributed by atoms with Gasteiger partial charge in [-0.3, -0.25) is 4.68 Å². The standard InChI is InChI=1S/C18H17F3N6O2S/c1-25-8-11(6-22-25)13-4-5-26(10-14(13)28)16-7-23-27(17(29)24-16)9-12-2-3-15(30-12)18(19,20)21/h2-4,6-8,14,28H,5,9-10H2,1H3/t14-/m0/s1. The van der Waals surface area contributed by atoms with Crippen LogP contribution in [0.3, 0.4) is 0 Å². The van der Waals surface area contributed by atoms with Crippen LogP contribution < -0.4 is 10.6 Å². The fraction of sp³-hybridized carbons (Fsp3) is 0.333. The van der Waals surface area contributed by atoms with Gasteiger partial charge in [-0.25, -0.2) is 9.48 Å². The van der Waals surface area contributed by atoms with Gasteiger partial charge in [-0.1, -0.05) is 6.08 Å². The second kappa shape index (κ2) is 7.69. The van der Waals surface area contributed by atoms with Crippen molar-refractivity contribution in [2.24, 2.45) is 7.05 Å². The zero-order valence-electron chi connectivity index (χ0n) is 15.7. The SMILES string of the molecule is Cn1cc(C2=CCN(c3cnn(Cc4ccc(C(F)(F)F)s4)c(=O)n3)C[C@@H]2O)cn1. The molecule has 3 aromatic rings. The Morgan fingerprint density at radius 3 is 2.67 bits per heavy atom. The van der Waals surface area contributed by atoms with E-state index in [2.05, 4.69) is 15.2 Å². The molecule has 0 saturated heterocycles. The number of aryl methyl sites for hydroxylation is 1. The maximum absolute atomic E-state index is 12.7. The van der Waals surface area contributed by atoms with Crippen molar-refractivity contribution in [3.63, 3.8) is 0 Å². The molecule has 30 heavy (non-hydrogen) atoms. The number of alkyl halides is 3. The molecule has 4 rings (SSSR count). The largest absolute Gasteiger partial charge is 0.425 e. The first-order chi connectivity index (χ1) is 14.2. The molecular weight excluding hydrogens is 421 g/mol. The molecule has 1 aliphatic heterocycles. The Balaban J connectivity index is 1.49. The minimum Gasteiger partial charge on any atom is -0.387 e. The van der Waals surface area contributed by atoms with Crippen molar-refractivity contribution in [1.82, 2.24) is 24.5 Å². The monoisotopic (exact) mass is 438 g/mol. The lowest BCUT2D eigenvalue weighted by molar-refractivity contribution is -0.134. The zero-order chi connectivity index (χ0) is 21.5. The summed E-state index contributed by atoms with van der Waals surface area (Å²) < 4.78 is 40.8. The Morgan fingerprint density at radius 2 is 2.07 bits per heavy atom. The molecule has 0 unspecified atom stereocenters. The summed E-state index contributed by atoms with van der Waals surface area (Å²) in [6.07, 6.45) is 1.47. The molecule has 4 heterocycles. The summed E-state index contributed by atoms with van der Waals surface area (Å²) in [7, 11) is 1.79. The van der Waals surface area contributed by atoms with Crippen molar-refractivity contribution in [3.05, 3.63) is 62.6 Å². The van der Waals surface area contributed by atoms with Gasteiger partial charge in [0.15, 0.2) is 5.82 Å². The lowest BCUT2D eigenvalue weighted by Gasteiger charge is -2.30. The number of anilines is 1. The van der Waals surface area contributed by atoms with E-state index >= 15 is 0 Å². The van der Waals surface area contributed by atoms with Gasteiger partial charge in [0.1, 0.15) is 4.88 Å². The number of thiophene rings is 1. The predicted octanol–water partition coefficient (Wildman–Crippen LogP) is 1.76. The second-order valence-corrected chi connectivity index (χ2v) is 7.97. The predicted molar refractivity (Wildman–Crippen MR) is 104 cm³/mol. The van der Waals surface area contributed by atoms with Gasteiger partial charge in [0.25, 0.3) is 0 Å². The summed E-state index contributed by atoms with van der Waals surface area (Å²) in [5.41, 5.74) is 0.894. The van der Waals surface area contributed by atoms with Crippen molar-refractivity contribution in [3.8, 4) is 0 Å². The highest BCUT2D eigenvalue weighted by Crippen LogP contribution is 2.34. The summed E-state index contributed by atoms with van der Waals surface area (Å²) in [4.78, 5) is 17.6. The second-order valence-electron chi connectivity index (χ2n) is 6.80. The fourth-order valence-corrected chi connectivity index (χ4v) is 4.03. The van der Waals surface area contributed by atoms with Crippen LogP contribution in [-0.4, -0.2) is 48.8 Å². The number of aliphatic hydroxyl groups is 1. The summed E-state index contributed by atoms with van der Waals surface area (Å²) >= 11 is 0.565. The van der Waals surface area contributed by atoms with E-state index in [1.54, 1.807) is 29.0 Å². The third kappa shape index (κ3) is 4.14. The Morgan fingerprint density at radius 1 is 1.27 bits per heavy atom. The minimum absolute atomic E-state index is 0.0967. The van der Waals surface area contributed by atoms with Gasteiger partial charge < -0.3 is 10.0 Å². The zero-order valence-corrected chi connectivity index (χ0v) is 16.6. The van der Waals surface area contributed by atoms with E-state index in [9.17, 15) is 23.1 Å². The molecule has 158 valence electrons. The average Bonchev–Trinajstić information content (AvgIpc) is 3.32. The molecule has 0 amide bonds. The molecule has 0 bridgehead atoms. The van der Waals surface area contributed by atoms with E-state index < -0.39 is 22.8 Å². The van der Waals surface area contributed by atoms with Crippen LogP contribution in [0, 0.1) is 0 Å². The Hall–Kier alpha value is -2.99. The average molecular weight is 438 g/mol. The van der Waals surface area contributed by atoms with E-state index in [-0.39, 0.29) is 13.1 Å². The summed E-state index contributed by atoms with van der Waals surface area (Å²) in [6, 6.07) is 2.30. The minimum atomic E-state index is -4.42. The first-order valence-electron chi connectivity index (χ1n) is 8.93. The van der Waals surface area contributed by atoms with Gasteiger partial charge >= 0.3 is 11.9 Å². The lowest BCUT2D eigenvalue weighted by Crippen LogP contribution is -2.39. The van der Waals surface area contributed by atoms with Crippen molar-refractivity contribution in [2.45, 2.75) is 18.8 Å². The van der Waals surface area contributed by atoms with Crippen molar-refractivity contribution in [2.75, 3.05) is 18.0 Å². The fourth-order valence-electron chi connectivity index (χ4n) is 3.17. The molecule has 1 N–H and O–H groups in total. The molecule has 12 heteroatoms. The molecule has 0 radical (unpaired) electrons. The quantitative estimate of drug-likeness (QED) is 0.668. The van der Waals surface area contributed by atoms with Crippen LogP contribution in [0.25, 0.3) is 5.57 Å². The summed E-state index contributed by atoms with van der Waals surface area (Å²) in [5.74, 6) is 0.291. The topological polar surface area (TPSA) is 89.1 Å². The van der Waals surface area contributed by atoms with Crippen LogP contribution >= 0.6 is 11.3 Å². The highest BCUT2D eigenvalue weighted by Gasteiger charge is 2.32. The van der Waals surface area contributed by atoms with E-state index in [0.717, 1.165) is 21.9 Å². The molecule has 0 fully saturated rings. The van der Waals surface area contributed by atoms with E-state index in [1.807, 2.05) is 6.08 Å². The maximum atomic E-state index is 12.7. The van der Waals surface area contributed by atoms with Crippen LogP contribution in [0.15, 0.2) is 41.6 Å². The normalized spacial score (nSPS) is 17.3. The summed E-state index contributed by atoms with van der Waals surface area (Å²) in [5, 5.41) is 18.6. The highest BCUT2D eigenvalue weighted by molar-refractivity contribution is 7.12. The molecule has 0 aliphatic carbocycles. The van der Waals surface area contributed by atoms with Crippen LogP contribution in [0.4, 0.5) is 19.0 Å². The number of aliphatic hydroxyl groups excluding tert-OH is 1. The van der Waals surface area contributed by atoms with Gasteiger partial charge in [-0.05, 0) is 17.7 Å². The van der Waals surface area contributed by atoms with Crippen LogP contribution in [0.5, 0.6) is 0 Å². The number of nitrogens with zero attached hydrogens (tertiary/aromatic N) is 6. The number of aromatic nitrogens is 5. The molecule has 0 spiro atoms. The molecule has 3 aromatic heterocycles. The third-order valence-corrected chi connectivity index (χ3v) is 5.75. The van der Waals surface area contributed by atoms with Gasteiger partial charge in [0, 0.05) is 36.8 Å². The first kappa shape index (κ1) is 20.3. The smallest absolute Gasteiger partial charge is 0.387 e. The number of halogens is 3. The Labute approximate surface area is 172 Å². The van der Waals surface area contributed by atoms with E-state index in [0.29, 0.717) is 28.6 Å². The highest BCUT2D eigenvalue weighted by atomic mass is 32.1. The third-order valence-electron chi connectivity index (χ3n) is 4.64. The number of rotatable bonds is 4. The van der Waals surface area contributed by atoms with E-state index in [4.69, 9.17) is 0 Å². The Bertz CT molecular complexity index is 1150. The van der Waals surface area contributed by atoms with Crippen LogP contribution in [-0.2, 0) is 19.8 Å². The first-order valence-corrected chi connectivity index (χ1v) is 9.74. The Kier molecular flexibility index (Phi) is 5.20.